The van der Waals surface area contributed by atoms with Crippen molar-refractivity contribution >= 4 is 5.97 Å². The van der Waals surface area contributed by atoms with E-state index in [0.717, 1.165) is 0 Å². The summed E-state index contributed by atoms with van der Waals surface area (Å²) in [6.07, 6.45) is 1.23. The first-order valence-corrected chi connectivity index (χ1v) is 4.41. The molecule has 4 rings (SSSR count). The van der Waals surface area contributed by atoms with Crippen LogP contribution >= 0.6 is 0 Å². The first-order valence-electron chi connectivity index (χ1n) is 4.41. The Morgan fingerprint density at radius 3 is 2.00 bits per heavy atom. The molecule has 1 saturated heterocycles. The van der Waals surface area contributed by atoms with E-state index in [-0.39, 0.29) is 11.6 Å². The third kappa shape index (κ3) is 0.397. The van der Waals surface area contributed by atoms with Crippen molar-refractivity contribution in [1.82, 2.24) is 0 Å². The van der Waals surface area contributed by atoms with Crippen molar-refractivity contribution in [3.8, 4) is 0 Å². The van der Waals surface area contributed by atoms with Gasteiger partial charge < -0.3 is 4.74 Å². The summed E-state index contributed by atoms with van der Waals surface area (Å²) in [6.45, 7) is 4.50. The quantitative estimate of drug-likeness (QED) is 0.488. The lowest BCUT2D eigenvalue weighted by molar-refractivity contribution is -0.117. The zero-order valence-corrected chi connectivity index (χ0v) is 6.83. The van der Waals surface area contributed by atoms with E-state index in [1.54, 1.807) is 0 Å². The lowest BCUT2D eigenvalue weighted by atomic mass is 9.70. The van der Waals surface area contributed by atoms with Crippen molar-refractivity contribution < 1.29 is 9.53 Å². The van der Waals surface area contributed by atoms with Crippen molar-refractivity contribution in [2.75, 3.05) is 0 Å². The molecule has 2 nitrogen and oxygen atoms in total. The van der Waals surface area contributed by atoms with E-state index in [1.165, 1.54) is 6.42 Å². The van der Waals surface area contributed by atoms with Crippen LogP contribution in [0.1, 0.15) is 20.3 Å². The Morgan fingerprint density at radius 1 is 1.36 bits per heavy atom. The second-order valence-electron chi connectivity index (χ2n) is 4.35. The third-order valence-corrected chi connectivity index (χ3v) is 4.25. The Balaban J connectivity index is 2.01. The number of hydrogen-bond donors (Lipinski definition) is 0. The first-order chi connectivity index (χ1) is 5.18. The van der Waals surface area contributed by atoms with Crippen LogP contribution in [0.25, 0.3) is 0 Å². The van der Waals surface area contributed by atoms with Gasteiger partial charge in [0.1, 0.15) is 0 Å². The highest BCUT2D eigenvalue weighted by Crippen LogP contribution is 2.69. The zero-order chi connectivity index (χ0) is 7.80. The number of epoxide rings is 1. The number of fused-ring (bicyclic) bond motifs is 1. The summed E-state index contributed by atoms with van der Waals surface area (Å²) >= 11 is 0. The van der Waals surface area contributed by atoms with Crippen LogP contribution in [0.15, 0.2) is 0 Å². The molecule has 0 amide bonds. The number of carbonyl (C=O) groups excluding carboxylic acids is 1. The minimum absolute atomic E-state index is 0.0787. The Hall–Kier alpha value is -0.530. The van der Waals surface area contributed by atoms with E-state index in [0.29, 0.717) is 23.7 Å². The molecule has 0 aromatic carbocycles. The van der Waals surface area contributed by atoms with Gasteiger partial charge in [0, 0.05) is 11.8 Å². The van der Waals surface area contributed by atoms with Crippen molar-refractivity contribution in [3.05, 3.63) is 0 Å². The lowest BCUT2D eigenvalue weighted by Gasteiger charge is -2.30. The van der Waals surface area contributed by atoms with Gasteiger partial charge in [-0.15, -0.1) is 0 Å². The SMILES string of the molecule is CC1C(C)C2CC1C21OC1=O. The average molecular weight is 152 g/mol. The molecule has 2 bridgehead atoms. The highest BCUT2D eigenvalue weighted by Gasteiger charge is 2.81. The Labute approximate surface area is 65.9 Å². The van der Waals surface area contributed by atoms with Crippen LogP contribution in [-0.4, -0.2) is 11.6 Å². The maximum absolute atomic E-state index is 11.0. The highest BCUT2D eigenvalue weighted by molar-refractivity contribution is 5.95. The smallest absolute Gasteiger partial charge is 0.352 e. The van der Waals surface area contributed by atoms with E-state index in [9.17, 15) is 4.79 Å². The molecule has 0 aromatic heterocycles. The summed E-state index contributed by atoms with van der Waals surface area (Å²) in [6, 6.07) is 0. The molecule has 60 valence electrons. The number of carbonyl (C=O) groups is 1. The van der Waals surface area contributed by atoms with Gasteiger partial charge in [0.15, 0.2) is 0 Å². The number of ether oxygens (including phenoxy) is 1. The summed E-state index contributed by atoms with van der Waals surface area (Å²) in [5.41, 5.74) is -0.237. The molecule has 1 aliphatic heterocycles. The maximum Gasteiger partial charge on any atom is 0.352 e. The van der Waals surface area contributed by atoms with Gasteiger partial charge in [-0.1, -0.05) is 13.8 Å². The van der Waals surface area contributed by atoms with Gasteiger partial charge in [0.2, 0.25) is 5.60 Å². The van der Waals surface area contributed by atoms with Crippen LogP contribution in [0.5, 0.6) is 0 Å². The predicted octanol–water partition coefficient (Wildman–Crippen LogP) is 1.20. The maximum atomic E-state index is 11.0. The monoisotopic (exact) mass is 152 g/mol. The Morgan fingerprint density at radius 2 is 1.82 bits per heavy atom. The first kappa shape index (κ1) is 6.04. The predicted molar refractivity (Wildman–Crippen MR) is 38.7 cm³/mol. The van der Waals surface area contributed by atoms with Crippen LogP contribution in [0.2, 0.25) is 0 Å². The van der Waals surface area contributed by atoms with Crippen molar-refractivity contribution in [2.45, 2.75) is 25.9 Å². The molecule has 0 N–H and O–H groups in total. The molecule has 4 atom stereocenters. The molecule has 0 aromatic rings. The fraction of sp³-hybridized carbons (Fsp3) is 0.889. The molecule has 4 fully saturated rings. The largest absolute Gasteiger partial charge is 0.443 e. The summed E-state index contributed by atoms with van der Waals surface area (Å²) in [7, 11) is 0. The molecule has 1 spiro atoms. The van der Waals surface area contributed by atoms with Gasteiger partial charge in [-0.2, -0.15) is 0 Å². The van der Waals surface area contributed by atoms with Crippen LogP contribution in [0, 0.1) is 23.7 Å². The molecular formula is C9H12O2. The summed E-state index contributed by atoms with van der Waals surface area (Å²) in [5.74, 6) is 2.61. The second-order valence-corrected chi connectivity index (χ2v) is 4.35. The highest BCUT2D eigenvalue weighted by atomic mass is 16.7. The van der Waals surface area contributed by atoms with Crippen LogP contribution in [0.3, 0.4) is 0 Å². The average Bonchev–Trinajstić information content (AvgIpc) is 2.49. The fourth-order valence-corrected chi connectivity index (χ4v) is 3.26. The summed E-state index contributed by atoms with van der Waals surface area (Å²) in [4.78, 5) is 11.0. The van der Waals surface area contributed by atoms with Gasteiger partial charge >= 0.3 is 5.97 Å². The lowest BCUT2D eigenvalue weighted by Crippen LogP contribution is -2.40. The second kappa shape index (κ2) is 1.35. The molecule has 4 unspecified atom stereocenters. The summed E-state index contributed by atoms with van der Waals surface area (Å²) < 4.78 is 5.13. The normalized spacial score (nSPS) is 64.4. The van der Waals surface area contributed by atoms with E-state index in [2.05, 4.69) is 13.8 Å². The van der Waals surface area contributed by atoms with Crippen molar-refractivity contribution in [3.63, 3.8) is 0 Å². The molecule has 3 aliphatic carbocycles. The zero-order valence-electron chi connectivity index (χ0n) is 6.83. The van der Waals surface area contributed by atoms with Crippen LogP contribution in [-0.2, 0) is 9.53 Å². The fourth-order valence-electron chi connectivity index (χ4n) is 3.26. The standard InChI is InChI=1S/C9H12O2/c1-4-5(2)7-3-6(4)9(7)8(10)11-9/h4-7H,3H2,1-2H3. The van der Waals surface area contributed by atoms with Crippen LogP contribution in [0.4, 0.5) is 0 Å². The van der Waals surface area contributed by atoms with E-state index in [1.807, 2.05) is 0 Å². The summed E-state index contributed by atoms with van der Waals surface area (Å²) in [5, 5.41) is 0. The van der Waals surface area contributed by atoms with Gasteiger partial charge in [-0.05, 0) is 18.3 Å². The minimum atomic E-state index is -0.237. The van der Waals surface area contributed by atoms with Crippen molar-refractivity contribution in [1.29, 1.82) is 0 Å². The van der Waals surface area contributed by atoms with E-state index in [4.69, 9.17) is 4.74 Å². The molecule has 1 heterocycles. The van der Waals surface area contributed by atoms with Gasteiger partial charge in [0.25, 0.3) is 0 Å². The Kier molecular flexibility index (Phi) is 0.739. The number of hydrogen-bond acceptors (Lipinski definition) is 2. The molecule has 11 heavy (non-hydrogen) atoms. The molecule has 4 aliphatic rings. The Bertz CT molecular complexity index is 232. The van der Waals surface area contributed by atoms with E-state index < -0.39 is 0 Å². The molecular weight excluding hydrogens is 140 g/mol. The van der Waals surface area contributed by atoms with Crippen LogP contribution < -0.4 is 0 Å². The van der Waals surface area contributed by atoms with Crippen molar-refractivity contribution in [2.24, 2.45) is 23.7 Å². The molecule has 2 heteroatoms. The minimum Gasteiger partial charge on any atom is -0.443 e. The molecule has 0 radical (unpaired) electrons. The van der Waals surface area contributed by atoms with Gasteiger partial charge in [-0.3, -0.25) is 0 Å². The van der Waals surface area contributed by atoms with E-state index >= 15 is 0 Å². The third-order valence-electron chi connectivity index (χ3n) is 4.25. The molecule has 3 saturated carbocycles. The topological polar surface area (TPSA) is 29.6 Å². The van der Waals surface area contributed by atoms with Gasteiger partial charge in [-0.25, -0.2) is 4.79 Å². The van der Waals surface area contributed by atoms with Gasteiger partial charge in [0.05, 0.1) is 0 Å². The number of rotatable bonds is 0.